The number of fused-ring (bicyclic) bond motifs is 1. The second kappa shape index (κ2) is 8.72. The molecule has 36 heavy (non-hydrogen) atoms. The highest BCUT2D eigenvalue weighted by Gasteiger charge is 2.50. The first kappa shape index (κ1) is 24.0. The lowest BCUT2D eigenvalue weighted by molar-refractivity contribution is -0.118. The van der Waals surface area contributed by atoms with Crippen molar-refractivity contribution >= 4 is 23.2 Å². The summed E-state index contributed by atoms with van der Waals surface area (Å²) in [6, 6.07) is 21.3. The van der Waals surface area contributed by atoms with Gasteiger partial charge in [0.1, 0.15) is 16.9 Å². The van der Waals surface area contributed by atoms with E-state index in [4.69, 9.17) is 11.6 Å². The monoisotopic (exact) mass is 497 g/mol. The first-order valence-corrected chi connectivity index (χ1v) is 12.3. The number of phenolic OH excluding ortho intramolecular Hbond substituents is 2. The van der Waals surface area contributed by atoms with Crippen molar-refractivity contribution in [3.8, 4) is 11.5 Å². The van der Waals surface area contributed by atoms with Crippen molar-refractivity contribution in [2.75, 3.05) is 5.32 Å². The van der Waals surface area contributed by atoms with Crippen LogP contribution in [0.2, 0.25) is 5.02 Å². The number of rotatable bonds is 4. The number of phenols is 2. The van der Waals surface area contributed by atoms with E-state index in [9.17, 15) is 15.0 Å². The highest BCUT2D eigenvalue weighted by atomic mass is 35.5. The Morgan fingerprint density at radius 2 is 1.31 bits per heavy atom. The van der Waals surface area contributed by atoms with Gasteiger partial charge in [0.05, 0.1) is 0 Å². The number of anilines is 1. The Labute approximate surface area is 216 Å². The minimum Gasteiger partial charge on any atom is -0.507 e. The van der Waals surface area contributed by atoms with E-state index in [2.05, 4.69) is 5.32 Å². The number of hydrogen-bond acceptors (Lipinski definition) is 3. The van der Waals surface area contributed by atoms with Crippen molar-refractivity contribution in [2.45, 2.75) is 39.5 Å². The van der Waals surface area contributed by atoms with Gasteiger partial charge in [0.2, 0.25) is 5.91 Å². The molecule has 0 spiro atoms. The minimum atomic E-state index is -1.13. The Morgan fingerprint density at radius 1 is 0.778 bits per heavy atom. The molecule has 0 aromatic heterocycles. The molecule has 4 aromatic rings. The van der Waals surface area contributed by atoms with E-state index in [1.165, 1.54) is 0 Å². The van der Waals surface area contributed by atoms with E-state index in [0.29, 0.717) is 33.7 Å². The van der Waals surface area contributed by atoms with Crippen molar-refractivity contribution in [1.29, 1.82) is 0 Å². The molecule has 0 fully saturated rings. The van der Waals surface area contributed by atoms with Crippen LogP contribution in [0.5, 0.6) is 11.5 Å². The van der Waals surface area contributed by atoms with Crippen LogP contribution < -0.4 is 5.32 Å². The number of carbonyl (C=O) groups excluding carboxylic acids is 1. The van der Waals surface area contributed by atoms with Crippen LogP contribution in [0.4, 0.5) is 5.69 Å². The number of halogens is 1. The minimum absolute atomic E-state index is 0.165. The molecule has 182 valence electrons. The van der Waals surface area contributed by atoms with E-state index in [0.717, 1.165) is 33.5 Å². The molecule has 1 amide bonds. The van der Waals surface area contributed by atoms with Gasteiger partial charge in [-0.05, 0) is 90.8 Å². The largest absolute Gasteiger partial charge is 0.507 e. The Hall–Kier alpha value is -3.76. The fourth-order valence-electron chi connectivity index (χ4n) is 5.42. The van der Waals surface area contributed by atoms with Gasteiger partial charge in [-0.1, -0.05) is 66.2 Å². The van der Waals surface area contributed by atoms with Gasteiger partial charge in [-0.25, -0.2) is 0 Å². The molecular weight excluding hydrogens is 470 g/mol. The van der Waals surface area contributed by atoms with E-state index >= 15 is 0 Å². The predicted octanol–water partition coefficient (Wildman–Crippen LogP) is 6.86. The summed E-state index contributed by atoms with van der Waals surface area (Å²) < 4.78 is 0. The van der Waals surface area contributed by atoms with Gasteiger partial charge in [-0.15, -0.1) is 0 Å². The summed E-state index contributed by atoms with van der Waals surface area (Å²) in [6.07, 6.45) is 0.644. The normalized spacial score (nSPS) is 14.0. The number of amides is 1. The lowest BCUT2D eigenvalue weighted by Crippen LogP contribution is -2.37. The second-order valence-electron chi connectivity index (χ2n) is 9.77. The van der Waals surface area contributed by atoms with E-state index in [1.54, 1.807) is 0 Å². The number of carbonyl (C=O) groups is 1. The Balaban J connectivity index is 1.75. The average Bonchev–Trinajstić information content (AvgIpc) is 3.13. The summed E-state index contributed by atoms with van der Waals surface area (Å²) in [5.74, 6) is 0.280. The number of benzene rings is 4. The lowest BCUT2D eigenvalue weighted by Gasteiger charge is -2.31. The van der Waals surface area contributed by atoms with Crippen molar-refractivity contribution in [3.05, 3.63) is 122 Å². The van der Waals surface area contributed by atoms with Crippen molar-refractivity contribution < 1.29 is 15.0 Å². The molecule has 0 aliphatic carbocycles. The molecule has 1 heterocycles. The van der Waals surface area contributed by atoms with Crippen LogP contribution in [0, 0.1) is 27.7 Å². The molecule has 0 unspecified atom stereocenters. The lowest BCUT2D eigenvalue weighted by atomic mass is 9.68. The summed E-state index contributed by atoms with van der Waals surface area (Å²) in [7, 11) is 0. The molecule has 0 radical (unpaired) electrons. The van der Waals surface area contributed by atoms with Crippen molar-refractivity contribution in [1.82, 2.24) is 0 Å². The summed E-state index contributed by atoms with van der Waals surface area (Å²) >= 11 is 6.39. The van der Waals surface area contributed by atoms with Gasteiger partial charge in [-0.2, -0.15) is 0 Å². The number of hydrogen-bond donors (Lipinski definition) is 3. The van der Waals surface area contributed by atoms with Gasteiger partial charge < -0.3 is 15.5 Å². The van der Waals surface area contributed by atoms with Crippen LogP contribution in [0.3, 0.4) is 0 Å². The van der Waals surface area contributed by atoms with Gasteiger partial charge in [0.15, 0.2) is 0 Å². The zero-order chi connectivity index (χ0) is 25.8. The molecule has 4 aromatic carbocycles. The molecule has 0 saturated heterocycles. The molecule has 5 heteroatoms. The Bertz CT molecular complexity index is 1440. The SMILES string of the molecule is Cc1cc(C2(c3cc(C)c(O)c(C)c3)C(=O)Nc3cc(Cc4ccccc4Cl)ccc32)cc(C)c1O. The van der Waals surface area contributed by atoms with Gasteiger partial charge >= 0.3 is 0 Å². The molecule has 0 bridgehead atoms. The quantitative estimate of drug-likeness (QED) is 0.288. The highest BCUT2D eigenvalue weighted by molar-refractivity contribution is 6.31. The molecule has 1 aliphatic rings. The second-order valence-corrected chi connectivity index (χ2v) is 10.2. The zero-order valence-corrected chi connectivity index (χ0v) is 21.5. The Kier molecular flexibility index (Phi) is 5.80. The maximum atomic E-state index is 14.0. The standard InChI is InChI=1S/C31H28ClNO3/c1-17-11-23(12-18(2)28(17)34)31(24-13-19(3)29(35)20(4)14-24)25-10-9-21(16-27(25)33-30(31)36)15-22-7-5-6-8-26(22)32/h5-14,16,34-35H,15H2,1-4H3,(H,33,36). The fourth-order valence-corrected chi connectivity index (χ4v) is 5.62. The number of aromatic hydroxyl groups is 2. The van der Waals surface area contributed by atoms with E-state index < -0.39 is 5.41 Å². The van der Waals surface area contributed by atoms with Crippen molar-refractivity contribution in [3.63, 3.8) is 0 Å². The van der Waals surface area contributed by atoms with Gasteiger partial charge in [0.25, 0.3) is 0 Å². The number of nitrogens with one attached hydrogen (secondary N) is 1. The van der Waals surface area contributed by atoms with Crippen LogP contribution in [-0.4, -0.2) is 16.1 Å². The van der Waals surface area contributed by atoms with E-state index in [1.807, 2.05) is 94.4 Å². The van der Waals surface area contributed by atoms with Crippen LogP contribution in [0.25, 0.3) is 0 Å². The van der Waals surface area contributed by atoms with Crippen LogP contribution in [-0.2, 0) is 16.6 Å². The van der Waals surface area contributed by atoms with Gasteiger partial charge in [-0.3, -0.25) is 4.79 Å². The summed E-state index contributed by atoms with van der Waals surface area (Å²) in [4.78, 5) is 14.0. The summed E-state index contributed by atoms with van der Waals surface area (Å²) in [6.45, 7) is 7.36. The molecule has 0 saturated carbocycles. The van der Waals surface area contributed by atoms with Crippen LogP contribution in [0.1, 0.15) is 50.1 Å². The number of aryl methyl sites for hydroxylation is 4. The third-order valence-electron chi connectivity index (χ3n) is 7.28. The molecule has 1 aliphatic heterocycles. The van der Waals surface area contributed by atoms with E-state index in [-0.39, 0.29) is 17.4 Å². The van der Waals surface area contributed by atoms with Crippen LogP contribution >= 0.6 is 11.6 Å². The topological polar surface area (TPSA) is 69.6 Å². The first-order valence-electron chi connectivity index (χ1n) is 11.9. The molecular formula is C31H28ClNO3. The summed E-state index contributed by atoms with van der Waals surface area (Å²) in [5, 5.41) is 24.8. The Morgan fingerprint density at radius 3 is 1.83 bits per heavy atom. The average molecular weight is 498 g/mol. The fraction of sp³-hybridized carbons (Fsp3) is 0.194. The van der Waals surface area contributed by atoms with Crippen molar-refractivity contribution in [2.24, 2.45) is 0 Å². The maximum absolute atomic E-state index is 14.0. The third kappa shape index (κ3) is 3.64. The molecule has 3 N–H and O–H groups in total. The third-order valence-corrected chi connectivity index (χ3v) is 7.65. The first-order chi connectivity index (χ1) is 17.1. The summed E-state index contributed by atoms with van der Waals surface area (Å²) in [5.41, 5.74) is 6.86. The smallest absolute Gasteiger partial charge is 0.244 e. The molecule has 4 nitrogen and oxygen atoms in total. The van der Waals surface area contributed by atoms with Crippen LogP contribution in [0.15, 0.2) is 66.7 Å². The van der Waals surface area contributed by atoms with Gasteiger partial charge in [0, 0.05) is 16.3 Å². The molecule has 5 rings (SSSR count). The zero-order valence-electron chi connectivity index (χ0n) is 20.7. The highest BCUT2D eigenvalue weighted by Crippen LogP contribution is 2.50. The maximum Gasteiger partial charge on any atom is 0.244 e. The molecule has 0 atom stereocenters. The predicted molar refractivity (Wildman–Crippen MR) is 144 cm³/mol.